The molecular weight excluding hydrogens is 317 g/mol. The second-order valence-corrected chi connectivity index (χ2v) is 7.94. The van der Waals surface area contributed by atoms with Crippen molar-refractivity contribution < 1.29 is 19.1 Å². The highest BCUT2D eigenvalue weighted by atomic mass is 16.7. The van der Waals surface area contributed by atoms with Gasteiger partial charge in [0.1, 0.15) is 13.6 Å². The van der Waals surface area contributed by atoms with E-state index in [0.29, 0.717) is 11.4 Å². The van der Waals surface area contributed by atoms with Crippen molar-refractivity contribution in [3.05, 3.63) is 35.3 Å². The molecule has 0 saturated carbocycles. The van der Waals surface area contributed by atoms with Crippen LogP contribution in [0.5, 0.6) is 5.75 Å². The third kappa shape index (κ3) is 5.66. The zero-order chi connectivity index (χ0) is 19.4. The molecule has 136 valence electrons. The highest BCUT2D eigenvalue weighted by Crippen LogP contribution is 2.40. The Morgan fingerprint density at radius 2 is 1.60 bits per heavy atom. The van der Waals surface area contributed by atoms with Crippen LogP contribution in [0.1, 0.15) is 52.7 Å². The number of rotatable bonds is 3. The Kier molecular flexibility index (Phi) is 6.46. The molecule has 0 atom stereocenters. The Morgan fingerprint density at radius 3 is 2.04 bits per heavy atom. The van der Waals surface area contributed by atoms with Crippen LogP contribution in [0.25, 0.3) is 0 Å². The molecule has 1 aromatic carbocycles. The van der Waals surface area contributed by atoms with Gasteiger partial charge in [0, 0.05) is 17.3 Å². The number of carbonyl (C=O) groups is 2. The Bertz CT molecular complexity index is 682. The van der Waals surface area contributed by atoms with Gasteiger partial charge in [-0.1, -0.05) is 41.5 Å². The summed E-state index contributed by atoms with van der Waals surface area (Å²) in [6, 6.07) is 3.68. The van der Waals surface area contributed by atoms with E-state index < -0.39 is 6.16 Å². The van der Waals surface area contributed by atoms with E-state index in [4.69, 9.17) is 4.74 Å². The molecule has 1 aromatic rings. The lowest BCUT2D eigenvalue weighted by Crippen LogP contribution is -2.22. The zero-order valence-electron chi connectivity index (χ0n) is 16.4. The fourth-order valence-corrected chi connectivity index (χ4v) is 2.43. The summed E-state index contributed by atoms with van der Waals surface area (Å²) in [4.78, 5) is 23.7. The molecule has 0 bridgehead atoms. The van der Waals surface area contributed by atoms with Gasteiger partial charge >= 0.3 is 6.16 Å². The molecule has 0 fully saturated rings. The summed E-state index contributed by atoms with van der Waals surface area (Å²) in [6.07, 6.45) is 0.657. The van der Waals surface area contributed by atoms with E-state index in [1.807, 2.05) is 26.8 Å². The Balaban J connectivity index is 3.60. The Labute approximate surface area is 151 Å². The van der Waals surface area contributed by atoms with Crippen molar-refractivity contribution in [2.45, 2.75) is 52.4 Å². The molecule has 0 heterocycles. The van der Waals surface area contributed by atoms with Crippen molar-refractivity contribution in [2.24, 2.45) is 0 Å². The number of benzene rings is 1. The number of hydrogen-bond donors (Lipinski definition) is 1. The highest BCUT2D eigenvalue weighted by Gasteiger charge is 2.27. The third-order valence-corrected chi connectivity index (χ3v) is 3.67. The predicted octanol–water partition coefficient (Wildman–Crippen LogP) is 3.51. The van der Waals surface area contributed by atoms with Gasteiger partial charge in [0.25, 0.3) is 0 Å². The lowest BCUT2D eigenvalue weighted by Gasteiger charge is -2.29. The van der Waals surface area contributed by atoms with Crippen LogP contribution >= 0.6 is 0 Å². The number of hydrogen-bond acceptors (Lipinski definition) is 4. The SMILES string of the molecule is B/C=C/C(=O)Nc1cc(OC(=O)OC)c(C(C)(C)C)cc1C(C)(C)C. The monoisotopic (exact) mass is 345 g/mol. The molecule has 0 aromatic heterocycles. The van der Waals surface area contributed by atoms with Crippen LogP contribution in [0.15, 0.2) is 24.2 Å². The van der Waals surface area contributed by atoms with Crippen LogP contribution < -0.4 is 10.1 Å². The minimum absolute atomic E-state index is 0.206. The van der Waals surface area contributed by atoms with Gasteiger partial charge in [-0.25, -0.2) is 4.79 Å². The molecule has 25 heavy (non-hydrogen) atoms. The molecule has 0 radical (unpaired) electrons. The number of ether oxygens (including phenoxy) is 2. The fourth-order valence-electron chi connectivity index (χ4n) is 2.43. The first kappa shape index (κ1) is 20.8. The van der Waals surface area contributed by atoms with Gasteiger partial charge in [0.2, 0.25) is 5.91 Å². The molecule has 0 saturated heterocycles. The van der Waals surface area contributed by atoms with E-state index in [1.54, 1.807) is 19.9 Å². The minimum Gasteiger partial charge on any atom is -0.437 e. The quantitative estimate of drug-likeness (QED) is 0.394. The molecule has 5 nitrogen and oxygen atoms in total. The Hall–Kier alpha value is -2.24. The lowest BCUT2D eigenvalue weighted by atomic mass is 9.79. The van der Waals surface area contributed by atoms with Crippen molar-refractivity contribution in [3.63, 3.8) is 0 Å². The molecule has 0 spiro atoms. The van der Waals surface area contributed by atoms with E-state index in [9.17, 15) is 9.59 Å². The molecule has 1 N–H and O–H groups in total. The third-order valence-electron chi connectivity index (χ3n) is 3.67. The van der Waals surface area contributed by atoms with Crippen molar-refractivity contribution in [1.82, 2.24) is 0 Å². The summed E-state index contributed by atoms with van der Waals surface area (Å²) in [5.74, 6) is 1.81. The standard InChI is InChI=1S/C19H28BNO4/c1-18(2,3)12-10-13(19(4,5)6)15(25-17(23)24-7)11-14(12)21-16(22)8-9-20/h8-11H,20H2,1-7H3,(H,21,22)/b9-8+. The molecular formula is C19H28BNO4. The first-order valence-electron chi connectivity index (χ1n) is 8.28. The van der Waals surface area contributed by atoms with Gasteiger partial charge in [-0.2, -0.15) is 0 Å². The van der Waals surface area contributed by atoms with E-state index >= 15 is 0 Å². The summed E-state index contributed by atoms with van der Waals surface area (Å²) in [6.45, 7) is 12.3. The molecule has 6 heteroatoms. The highest BCUT2D eigenvalue weighted by molar-refractivity contribution is 6.19. The van der Waals surface area contributed by atoms with Crippen LogP contribution in [0, 0.1) is 0 Å². The smallest absolute Gasteiger partial charge is 0.437 e. The zero-order valence-corrected chi connectivity index (χ0v) is 16.4. The number of anilines is 1. The normalized spacial score (nSPS) is 12.1. The van der Waals surface area contributed by atoms with Crippen LogP contribution in [0.2, 0.25) is 0 Å². The molecule has 0 unspecified atom stereocenters. The van der Waals surface area contributed by atoms with E-state index in [1.165, 1.54) is 13.2 Å². The largest absolute Gasteiger partial charge is 0.513 e. The van der Waals surface area contributed by atoms with Crippen LogP contribution in [-0.2, 0) is 20.4 Å². The Morgan fingerprint density at radius 1 is 1.04 bits per heavy atom. The van der Waals surface area contributed by atoms with Crippen molar-refractivity contribution in [3.8, 4) is 5.75 Å². The number of methoxy groups -OCH3 is 1. The summed E-state index contributed by atoms with van der Waals surface area (Å²) >= 11 is 0. The first-order valence-corrected chi connectivity index (χ1v) is 8.28. The predicted molar refractivity (Wildman–Crippen MR) is 103 cm³/mol. The second-order valence-electron chi connectivity index (χ2n) is 7.94. The lowest BCUT2D eigenvalue weighted by molar-refractivity contribution is -0.111. The molecule has 0 aliphatic rings. The molecule has 0 aliphatic heterocycles. The van der Waals surface area contributed by atoms with Gasteiger partial charge in [-0.3, -0.25) is 4.79 Å². The second kappa shape index (κ2) is 7.76. The van der Waals surface area contributed by atoms with E-state index in [-0.39, 0.29) is 16.7 Å². The van der Waals surface area contributed by atoms with Crippen LogP contribution in [-0.4, -0.2) is 27.0 Å². The van der Waals surface area contributed by atoms with Gasteiger partial charge in [0.05, 0.1) is 7.11 Å². The van der Waals surface area contributed by atoms with E-state index in [0.717, 1.165) is 11.1 Å². The number of nitrogens with one attached hydrogen (secondary N) is 1. The van der Waals surface area contributed by atoms with Crippen molar-refractivity contribution in [2.75, 3.05) is 12.4 Å². The summed E-state index contributed by atoms with van der Waals surface area (Å²) < 4.78 is 9.96. The minimum atomic E-state index is -0.792. The average Bonchev–Trinajstić information content (AvgIpc) is 2.44. The summed E-state index contributed by atoms with van der Waals surface area (Å²) in [5, 5.41) is 2.87. The fraction of sp³-hybridized carbons (Fsp3) is 0.474. The number of carbonyl (C=O) groups excluding carboxylic acids is 2. The summed E-state index contributed by atoms with van der Waals surface area (Å²) in [5.41, 5.74) is 1.99. The maximum Gasteiger partial charge on any atom is 0.513 e. The van der Waals surface area contributed by atoms with Crippen LogP contribution in [0.4, 0.5) is 10.5 Å². The number of amides is 1. The maximum absolute atomic E-state index is 12.0. The molecule has 0 aliphatic carbocycles. The molecule has 1 amide bonds. The van der Waals surface area contributed by atoms with Gasteiger partial charge in [-0.05, 0) is 28.5 Å². The first-order chi connectivity index (χ1) is 11.4. The van der Waals surface area contributed by atoms with Gasteiger partial charge in [0.15, 0.2) is 0 Å². The maximum atomic E-state index is 12.0. The van der Waals surface area contributed by atoms with Crippen LogP contribution in [0.3, 0.4) is 0 Å². The van der Waals surface area contributed by atoms with E-state index in [2.05, 4.69) is 30.8 Å². The van der Waals surface area contributed by atoms with Gasteiger partial charge in [-0.15, -0.1) is 5.98 Å². The average molecular weight is 345 g/mol. The molecule has 1 rings (SSSR count). The topological polar surface area (TPSA) is 64.6 Å². The van der Waals surface area contributed by atoms with Gasteiger partial charge < -0.3 is 14.8 Å². The van der Waals surface area contributed by atoms with Crippen molar-refractivity contribution >= 4 is 25.6 Å². The van der Waals surface area contributed by atoms with Crippen molar-refractivity contribution in [1.29, 1.82) is 0 Å². The summed E-state index contributed by atoms with van der Waals surface area (Å²) in [7, 11) is 3.04.